The van der Waals surface area contributed by atoms with Crippen molar-refractivity contribution in [2.75, 3.05) is 27.9 Å². The molecule has 12 heteroatoms. The highest BCUT2D eigenvalue weighted by Gasteiger charge is 2.35. The van der Waals surface area contributed by atoms with Crippen molar-refractivity contribution in [3.8, 4) is 23.0 Å². The molecule has 0 radical (unpaired) electrons. The van der Waals surface area contributed by atoms with Gasteiger partial charge in [0.25, 0.3) is 5.56 Å². The van der Waals surface area contributed by atoms with Gasteiger partial charge in [-0.1, -0.05) is 81.3 Å². The molecule has 0 unspecified atom stereocenters. The van der Waals surface area contributed by atoms with E-state index in [1.54, 1.807) is 44.2 Å². The Morgan fingerprint density at radius 2 is 1.71 bits per heavy atom. The summed E-state index contributed by atoms with van der Waals surface area (Å²) in [5.74, 6) is 1.16. The van der Waals surface area contributed by atoms with Crippen molar-refractivity contribution in [2.24, 2.45) is 4.99 Å². The molecule has 252 valence electrons. The van der Waals surface area contributed by atoms with E-state index in [9.17, 15) is 9.59 Å². The number of esters is 1. The molecule has 0 spiro atoms. The average Bonchev–Trinajstić information content (AvgIpc) is 3.40. The highest BCUT2D eigenvalue weighted by Crippen LogP contribution is 2.41. The molecule has 9 nitrogen and oxygen atoms in total. The lowest BCUT2D eigenvalue weighted by molar-refractivity contribution is -0.139. The molecular formula is C37H32BrClN2O7S. The standard InChI is InChI=1S/C37H32BrClN2O7S/c1-6-47-36(43)32-20(2)40-37-41(33(32)25-17-28(44-3)29(45-4)18-26(25)38)35(42)31(49-37)16-21-14-27(39)34(30(15-21)46-5)48-19-23-12-9-11-22-10-7-8-13-24(22)23/h7-18,33H,6,19H2,1-5H3/b31-16-/t33-/m1/s1. The molecule has 2 heterocycles. The van der Waals surface area contributed by atoms with E-state index in [1.807, 2.05) is 24.3 Å². The van der Waals surface area contributed by atoms with Crippen LogP contribution in [0.2, 0.25) is 5.02 Å². The first kappa shape index (κ1) is 34.3. The molecule has 0 saturated carbocycles. The normalized spacial score (nSPS) is 14.3. The van der Waals surface area contributed by atoms with Gasteiger partial charge in [0, 0.05) is 4.47 Å². The van der Waals surface area contributed by atoms with Crippen molar-refractivity contribution in [1.29, 1.82) is 0 Å². The third kappa shape index (κ3) is 6.58. The van der Waals surface area contributed by atoms with Gasteiger partial charge in [-0.2, -0.15) is 0 Å². The van der Waals surface area contributed by atoms with Gasteiger partial charge in [-0.25, -0.2) is 9.79 Å². The van der Waals surface area contributed by atoms with E-state index in [-0.39, 0.29) is 24.3 Å². The van der Waals surface area contributed by atoms with Crippen molar-refractivity contribution in [2.45, 2.75) is 26.5 Å². The van der Waals surface area contributed by atoms with E-state index >= 15 is 0 Å². The van der Waals surface area contributed by atoms with Crippen LogP contribution in [0.15, 0.2) is 92.3 Å². The number of methoxy groups -OCH3 is 3. The predicted molar refractivity (Wildman–Crippen MR) is 194 cm³/mol. The highest BCUT2D eigenvalue weighted by molar-refractivity contribution is 9.10. The van der Waals surface area contributed by atoms with Crippen molar-refractivity contribution in [3.05, 3.63) is 124 Å². The monoisotopic (exact) mass is 762 g/mol. The Labute approximate surface area is 299 Å². The zero-order chi connectivity index (χ0) is 34.8. The number of fused-ring (bicyclic) bond motifs is 2. The van der Waals surface area contributed by atoms with Crippen molar-refractivity contribution >= 4 is 61.7 Å². The molecule has 1 aliphatic rings. The fourth-order valence-electron chi connectivity index (χ4n) is 5.85. The topological polar surface area (TPSA) is 97.6 Å². The van der Waals surface area contributed by atoms with Crippen LogP contribution in [0.3, 0.4) is 0 Å². The Balaban J connectivity index is 1.43. The van der Waals surface area contributed by atoms with E-state index in [1.165, 1.54) is 37.2 Å². The number of carbonyl (C=O) groups is 1. The van der Waals surface area contributed by atoms with Gasteiger partial charge >= 0.3 is 5.97 Å². The summed E-state index contributed by atoms with van der Waals surface area (Å²) < 4.78 is 30.8. The largest absolute Gasteiger partial charge is 0.493 e. The number of carbonyl (C=O) groups excluding carboxylic acids is 1. The summed E-state index contributed by atoms with van der Waals surface area (Å²) in [6.07, 6.45) is 1.72. The summed E-state index contributed by atoms with van der Waals surface area (Å²) in [7, 11) is 4.59. The minimum Gasteiger partial charge on any atom is -0.493 e. The second kappa shape index (κ2) is 14.5. The van der Waals surface area contributed by atoms with Gasteiger partial charge in [0.2, 0.25) is 0 Å². The minimum absolute atomic E-state index is 0.157. The molecule has 1 aromatic heterocycles. The first-order chi connectivity index (χ1) is 23.7. The maximum atomic E-state index is 14.2. The molecule has 4 aromatic carbocycles. The number of thiazole rings is 1. The van der Waals surface area contributed by atoms with Crippen LogP contribution in [-0.2, 0) is 16.1 Å². The zero-order valence-electron chi connectivity index (χ0n) is 27.3. The molecule has 0 aliphatic carbocycles. The van der Waals surface area contributed by atoms with Gasteiger partial charge in [0.05, 0.1) is 54.8 Å². The Kier molecular flexibility index (Phi) is 10.1. The summed E-state index contributed by atoms with van der Waals surface area (Å²) in [5, 5.41) is 2.53. The fourth-order valence-corrected chi connectivity index (χ4v) is 7.71. The molecule has 0 bridgehead atoms. The molecule has 6 rings (SSSR count). The van der Waals surface area contributed by atoms with Crippen LogP contribution in [-0.4, -0.2) is 38.5 Å². The quantitative estimate of drug-likeness (QED) is 0.142. The first-order valence-electron chi connectivity index (χ1n) is 15.3. The maximum absolute atomic E-state index is 14.2. The second-order valence-corrected chi connectivity index (χ2v) is 13.3. The Bertz CT molecular complexity index is 2310. The molecule has 5 aromatic rings. The van der Waals surface area contributed by atoms with Crippen LogP contribution in [0.1, 0.15) is 36.6 Å². The molecule has 1 atom stereocenters. The molecule has 49 heavy (non-hydrogen) atoms. The van der Waals surface area contributed by atoms with Gasteiger partial charge in [0.15, 0.2) is 27.8 Å². The van der Waals surface area contributed by atoms with Crippen LogP contribution in [0.5, 0.6) is 23.0 Å². The van der Waals surface area contributed by atoms with Gasteiger partial charge < -0.3 is 23.7 Å². The molecule has 1 aliphatic heterocycles. The number of rotatable bonds is 10. The van der Waals surface area contributed by atoms with Crippen LogP contribution in [0, 0.1) is 0 Å². The zero-order valence-corrected chi connectivity index (χ0v) is 30.5. The number of hydrogen-bond acceptors (Lipinski definition) is 9. The van der Waals surface area contributed by atoms with E-state index in [0.29, 0.717) is 58.7 Å². The average molecular weight is 764 g/mol. The predicted octanol–water partition coefficient (Wildman–Crippen LogP) is 6.97. The van der Waals surface area contributed by atoms with Gasteiger partial charge in [-0.05, 0) is 71.7 Å². The Morgan fingerprint density at radius 3 is 2.45 bits per heavy atom. The number of hydrogen-bond donors (Lipinski definition) is 0. The first-order valence-corrected chi connectivity index (χ1v) is 17.3. The lowest BCUT2D eigenvalue weighted by Gasteiger charge is -2.26. The number of ether oxygens (including phenoxy) is 5. The Hall–Kier alpha value is -4.58. The third-order valence-electron chi connectivity index (χ3n) is 8.12. The molecular weight excluding hydrogens is 732 g/mol. The summed E-state index contributed by atoms with van der Waals surface area (Å²) in [6, 6.07) is 20.3. The SMILES string of the molecule is CCOC(=O)C1=C(C)N=c2s/c(=C\c3cc(Cl)c(OCc4cccc5ccccc45)c(OC)c3)c(=O)n2[C@@H]1c1cc(OC)c(OC)cc1Br. The maximum Gasteiger partial charge on any atom is 0.338 e. The third-order valence-corrected chi connectivity index (χ3v) is 10.1. The molecule has 0 amide bonds. The fraction of sp³-hybridized carbons (Fsp3) is 0.216. The van der Waals surface area contributed by atoms with Crippen LogP contribution in [0.25, 0.3) is 16.8 Å². The van der Waals surface area contributed by atoms with Gasteiger partial charge in [-0.15, -0.1) is 0 Å². The van der Waals surface area contributed by atoms with Crippen LogP contribution >= 0.6 is 38.9 Å². The number of aromatic nitrogens is 1. The van der Waals surface area contributed by atoms with Crippen LogP contribution < -0.4 is 33.8 Å². The summed E-state index contributed by atoms with van der Waals surface area (Å²) in [4.78, 5) is 32.7. The highest BCUT2D eigenvalue weighted by atomic mass is 79.9. The van der Waals surface area contributed by atoms with Crippen molar-refractivity contribution < 1.29 is 28.5 Å². The number of nitrogens with zero attached hydrogens (tertiary/aromatic N) is 2. The van der Waals surface area contributed by atoms with Crippen molar-refractivity contribution in [1.82, 2.24) is 4.57 Å². The number of benzene rings is 4. The van der Waals surface area contributed by atoms with Crippen LogP contribution in [0.4, 0.5) is 0 Å². The van der Waals surface area contributed by atoms with E-state index in [4.69, 9.17) is 35.3 Å². The smallest absolute Gasteiger partial charge is 0.338 e. The molecule has 0 N–H and O–H groups in total. The molecule has 0 fully saturated rings. The number of halogens is 2. The summed E-state index contributed by atoms with van der Waals surface area (Å²) in [5.41, 5.74) is 2.56. The van der Waals surface area contributed by atoms with E-state index in [0.717, 1.165) is 16.3 Å². The summed E-state index contributed by atoms with van der Waals surface area (Å²) in [6.45, 7) is 3.89. The second-order valence-electron chi connectivity index (χ2n) is 11.0. The minimum atomic E-state index is -0.866. The van der Waals surface area contributed by atoms with E-state index in [2.05, 4.69) is 39.1 Å². The number of allylic oxidation sites excluding steroid dienone is 1. The molecule has 0 saturated heterocycles. The van der Waals surface area contributed by atoms with Gasteiger partial charge in [-0.3, -0.25) is 9.36 Å². The van der Waals surface area contributed by atoms with Crippen molar-refractivity contribution in [3.63, 3.8) is 0 Å². The Morgan fingerprint density at radius 1 is 1.00 bits per heavy atom. The summed E-state index contributed by atoms with van der Waals surface area (Å²) >= 11 is 11.6. The van der Waals surface area contributed by atoms with Gasteiger partial charge in [0.1, 0.15) is 6.61 Å². The lowest BCUT2D eigenvalue weighted by atomic mass is 9.95. The van der Waals surface area contributed by atoms with E-state index < -0.39 is 12.0 Å². The lowest BCUT2D eigenvalue weighted by Crippen LogP contribution is -2.40.